The van der Waals surface area contributed by atoms with Gasteiger partial charge in [0.05, 0.1) is 6.10 Å². The number of alkyl halides is 1. The molecule has 100 valence electrons. The average molecular weight is 273 g/mol. The molecule has 0 saturated heterocycles. The number of carboxylic acids is 1. The number of carboxylic acid groups (broad SMARTS) is 1. The Labute approximate surface area is 111 Å². The van der Waals surface area contributed by atoms with Crippen molar-refractivity contribution in [2.45, 2.75) is 31.5 Å². The summed E-state index contributed by atoms with van der Waals surface area (Å²) in [5.74, 6) is -0.629. The number of carbonyl (C=O) groups is 1. The van der Waals surface area contributed by atoms with E-state index in [2.05, 4.69) is 0 Å². The molecule has 0 saturated carbocycles. The second-order valence-corrected chi connectivity index (χ2v) is 4.46. The molecule has 0 heterocycles. The minimum atomic E-state index is -1.03. The van der Waals surface area contributed by atoms with Crippen molar-refractivity contribution in [1.29, 1.82) is 0 Å². The van der Waals surface area contributed by atoms with E-state index >= 15 is 0 Å². The molecule has 0 aliphatic rings. The van der Waals surface area contributed by atoms with E-state index in [-0.39, 0.29) is 18.7 Å². The van der Waals surface area contributed by atoms with Gasteiger partial charge in [0.2, 0.25) is 0 Å². The fourth-order valence-electron chi connectivity index (χ4n) is 1.77. The van der Waals surface area contributed by atoms with Crippen molar-refractivity contribution in [3.05, 3.63) is 35.4 Å². The van der Waals surface area contributed by atoms with Crippen LogP contribution in [0.3, 0.4) is 0 Å². The summed E-state index contributed by atoms with van der Waals surface area (Å²) in [6.45, 7) is 0. The maximum Gasteiger partial charge on any atom is 0.303 e. The van der Waals surface area contributed by atoms with E-state index in [1.54, 1.807) is 24.3 Å². The van der Waals surface area contributed by atoms with Crippen LogP contribution < -0.4 is 0 Å². The Morgan fingerprint density at radius 2 is 1.94 bits per heavy atom. The number of rotatable bonds is 7. The fraction of sp³-hybridized carbons (Fsp3) is 0.462. The van der Waals surface area contributed by atoms with Crippen molar-refractivity contribution >= 4 is 17.6 Å². The molecule has 1 aromatic rings. The lowest BCUT2D eigenvalue weighted by molar-refractivity contribution is -0.136. The third-order valence-electron chi connectivity index (χ3n) is 2.75. The Balaban J connectivity index is 2.83. The minimum absolute atomic E-state index is 0.00463. The van der Waals surface area contributed by atoms with E-state index < -0.39 is 18.2 Å². The first-order chi connectivity index (χ1) is 8.56. The predicted octanol–water partition coefficient (Wildman–Crippen LogP) is 1.73. The van der Waals surface area contributed by atoms with E-state index in [4.69, 9.17) is 16.7 Å². The summed E-state index contributed by atoms with van der Waals surface area (Å²) in [4.78, 5) is 10.6. The number of aliphatic hydroxyl groups excluding tert-OH is 2. The van der Waals surface area contributed by atoms with Crippen LogP contribution in [0.15, 0.2) is 24.3 Å². The van der Waals surface area contributed by atoms with Crippen LogP contribution >= 0.6 is 11.6 Å². The first-order valence-corrected chi connectivity index (χ1v) is 6.31. The van der Waals surface area contributed by atoms with Gasteiger partial charge in [-0.05, 0) is 24.0 Å². The lowest BCUT2D eigenvalue weighted by Gasteiger charge is -2.20. The van der Waals surface area contributed by atoms with Gasteiger partial charge < -0.3 is 15.3 Å². The molecule has 0 spiro atoms. The molecule has 2 atom stereocenters. The number of aliphatic hydroxyl groups is 2. The Hall–Kier alpha value is -1.10. The van der Waals surface area contributed by atoms with Gasteiger partial charge in [0, 0.05) is 12.3 Å². The van der Waals surface area contributed by atoms with E-state index in [1.165, 1.54) is 0 Å². The van der Waals surface area contributed by atoms with Crippen molar-refractivity contribution in [2.24, 2.45) is 0 Å². The number of benzene rings is 1. The highest BCUT2D eigenvalue weighted by Gasteiger charge is 2.20. The molecule has 0 bridgehead atoms. The normalized spacial score (nSPS) is 14.2. The lowest BCUT2D eigenvalue weighted by atomic mass is 9.95. The zero-order chi connectivity index (χ0) is 13.5. The standard InChI is InChI=1S/C13H17ClO4/c14-8-7-11(15)13(18)10-4-2-1-3-9(10)5-6-12(16)17/h1-4,11,13,15,18H,5-8H2,(H,16,17). The third kappa shape index (κ3) is 4.29. The first-order valence-electron chi connectivity index (χ1n) is 5.78. The SMILES string of the molecule is O=C(O)CCc1ccccc1C(O)C(O)CCCl. The number of halogens is 1. The summed E-state index contributed by atoms with van der Waals surface area (Å²) in [6.07, 6.45) is -1.36. The third-order valence-corrected chi connectivity index (χ3v) is 2.97. The molecule has 0 amide bonds. The van der Waals surface area contributed by atoms with E-state index in [1.807, 2.05) is 0 Å². The molecule has 2 unspecified atom stereocenters. The van der Waals surface area contributed by atoms with E-state index in [9.17, 15) is 15.0 Å². The maximum atomic E-state index is 10.6. The van der Waals surface area contributed by atoms with Gasteiger partial charge in [0.1, 0.15) is 6.10 Å². The molecule has 0 aliphatic heterocycles. The van der Waals surface area contributed by atoms with E-state index in [0.717, 1.165) is 5.56 Å². The molecule has 0 aliphatic carbocycles. The summed E-state index contributed by atoms with van der Waals surface area (Å²) < 4.78 is 0. The molecular formula is C13H17ClO4. The average Bonchev–Trinajstić information content (AvgIpc) is 2.36. The molecule has 4 nitrogen and oxygen atoms in total. The second-order valence-electron chi connectivity index (χ2n) is 4.08. The highest BCUT2D eigenvalue weighted by Crippen LogP contribution is 2.24. The summed E-state index contributed by atoms with van der Waals surface area (Å²) >= 11 is 5.52. The van der Waals surface area contributed by atoms with Gasteiger partial charge in [-0.15, -0.1) is 11.6 Å². The summed E-state index contributed by atoms with van der Waals surface area (Å²) in [5.41, 5.74) is 1.30. The molecule has 5 heteroatoms. The topological polar surface area (TPSA) is 77.8 Å². The van der Waals surface area contributed by atoms with Crippen LogP contribution in [0.4, 0.5) is 0 Å². The quantitative estimate of drug-likeness (QED) is 0.661. The van der Waals surface area contributed by atoms with Crippen molar-refractivity contribution < 1.29 is 20.1 Å². The molecule has 0 fully saturated rings. The van der Waals surface area contributed by atoms with Gasteiger partial charge in [-0.2, -0.15) is 0 Å². The summed E-state index contributed by atoms with van der Waals surface area (Å²) in [7, 11) is 0. The zero-order valence-corrected chi connectivity index (χ0v) is 10.7. The first kappa shape index (κ1) is 15.0. The van der Waals surface area contributed by atoms with E-state index in [0.29, 0.717) is 12.0 Å². The van der Waals surface area contributed by atoms with Crippen LogP contribution in [-0.2, 0) is 11.2 Å². The largest absolute Gasteiger partial charge is 0.481 e. The van der Waals surface area contributed by atoms with Crippen LogP contribution in [0.25, 0.3) is 0 Å². The fourth-order valence-corrected chi connectivity index (χ4v) is 1.99. The molecule has 3 N–H and O–H groups in total. The Morgan fingerprint density at radius 1 is 1.28 bits per heavy atom. The number of aryl methyl sites for hydroxylation is 1. The minimum Gasteiger partial charge on any atom is -0.481 e. The predicted molar refractivity (Wildman–Crippen MR) is 68.7 cm³/mol. The number of hydrogen-bond donors (Lipinski definition) is 3. The summed E-state index contributed by atoms with van der Waals surface area (Å²) in [5, 5.41) is 28.4. The monoisotopic (exact) mass is 272 g/mol. The molecular weight excluding hydrogens is 256 g/mol. The van der Waals surface area contributed by atoms with Crippen molar-refractivity contribution in [2.75, 3.05) is 5.88 Å². The van der Waals surface area contributed by atoms with Crippen LogP contribution in [0, 0.1) is 0 Å². The van der Waals surface area contributed by atoms with Crippen LogP contribution in [-0.4, -0.2) is 33.3 Å². The molecule has 18 heavy (non-hydrogen) atoms. The molecule has 1 rings (SSSR count). The van der Waals surface area contributed by atoms with Gasteiger partial charge in [-0.1, -0.05) is 24.3 Å². The van der Waals surface area contributed by atoms with Gasteiger partial charge >= 0.3 is 5.97 Å². The summed E-state index contributed by atoms with van der Waals surface area (Å²) in [6, 6.07) is 6.98. The van der Waals surface area contributed by atoms with Gasteiger partial charge in [0.15, 0.2) is 0 Å². The lowest BCUT2D eigenvalue weighted by Crippen LogP contribution is -2.20. The Bertz CT molecular complexity index is 394. The highest BCUT2D eigenvalue weighted by atomic mass is 35.5. The van der Waals surface area contributed by atoms with Crippen molar-refractivity contribution in [1.82, 2.24) is 0 Å². The van der Waals surface area contributed by atoms with Gasteiger partial charge in [-0.25, -0.2) is 0 Å². The zero-order valence-electron chi connectivity index (χ0n) is 9.92. The molecule has 0 aromatic heterocycles. The smallest absolute Gasteiger partial charge is 0.303 e. The Morgan fingerprint density at radius 3 is 2.56 bits per heavy atom. The molecule has 1 aromatic carbocycles. The van der Waals surface area contributed by atoms with Crippen molar-refractivity contribution in [3.63, 3.8) is 0 Å². The highest BCUT2D eigenvalue weighted by molar-refractivity contribution is 6.17. The second kappa shape index (κ2) is 7.36. The van der Waals surface area contributed by atoms with Gasteiger partial charge in [-0.3, -0.25) is 4.79 Å². The molecule has 0 radical (unpaired) electrons. The number of aliphatic carboxylic acids is 1. The Kier molecular flexibility index (Phi) is 6.12. The number of hydrogen-bond acceptors (Lipinski definition) is 3. The van der Waals surface area contributed by atoms with Crippen LogP contribution in [0.5, 0.6) is 0 Å². The van der Waals surface area contributed by atoms with Crippen LogP contribution in [0.2, 0.25) is 0 Å². The van der Waals surface area contributed by atoms with Crippen molar-refractivity contribution in [3.8, 4) is 0 Å². The maximum absolute atomic E-state index is 10.6. The van der Waals surface area contributed by atoms with Crippen LogP contribution in [0.1, 0.15) is 30.1 Å². The van der Waals surface area contributed by atoms with Gasteiger partial charge in [0.25, 0.3) is 0 Å².